The average molecular weight is 645 g/mol. The van der Waals surface area contributed by atoms with Gasteiger partial charge in [0.25, 0.3) is 0 Å². The topological polar surface area (TPSA) is 175 Å². The van der Waals surface area contributed by atoms with Gasteiger partial charge in [-0.1, -0.05) is 24.3 Å². The number of carboxylic acid groups (broad SMARTS) is 1. The Morgan fingerprint density at radius 1 is 1.13 bits per heavy atom. The van der Waals surface area contributed by atoms with E-state index in [4.69, 9.17) is 9.47 Å². The van der Waals surface area contributed by atoms with Crippen LogP contribution in [0.1, 0.15) is 70.4 Å². The Hall–Kier alpha value is -4.20. The molecule has 1 unspecified atom stereocenters. The van der Waals surface area contributed by atoms with Crippen LogP contribution >= 0.6 is 0 Å². The van der Waals surface area contributed by atoms with Crippen LogP contribution in [0, 0.1) is 11.7 Å². The maximum absolute atomic E-state index is 14.3. The number of halogens is 1. The summed E-state index contributed by atoms with van der Waals surface area (Å²) in [4.78, 5) is 68.5. The lowest BCUT2D eigenvalue weighted by atomic mass is 10.0. The van der Waals surface area contributed by atoms with Crippen LogP contribution in [0.15, 0.2) is 30.4 Å². The molecule has 4 aliphatic rings. The van der Waals surface area contributed by atoms with Crippen molar-refractivity contribution >= 4 is 30.0 Å². The summed E-state index contributed by atoms with van der Waals surface area (Å²) in [5.41, 5.74) is -1.39. The normalized spacial score (nSPS) is 30.5. The summed E-state index contributed by atoms with van der Waals surface area (Å²) < 4.78 is 25.4. The lowest BCUT2D eigenvalue weighted by molar-refractivity contribution is -0.145. The van der Waals surface area contributed by atoms with Gasteiger partial charge in [0.05, 0.1) is 19.2 Å². The molecule has 13 nitrogen and oxygen atoms in total. The van der Waals surface area contributed by atoms with Crippen molar-refractivity contribution in [2.24, 2.45) is 5.92 Å². The Morgan fingerprint density at radius 3 is 2.59 bits per heavy atom. The highest BCUT2D eigenvalue weighted by Crippen LogP contribution is 2.45. The number of carbonyl (C=O) groups excluding carboxylic acids is 4. The minimum atomic E-state index is -1.56. The van der Waals surface area contributed by atoms with Crippen LogP contribution in [0.2, 0.25) is 0 Å². The zero-order valence-electron chi connectivity index (χ0n) is 26.2. The first kappa shape index (κ1) is 33.2. The van der Waals surface area contributed by atoms with Gasteiger partial charge in [0.1, 0.15) is 35.1 Å². The fraction of sp³-hybridized carbons (Fsp3) is 0.594. The number of ether oxygens (including phenoxy) is 2. The van der Waals surface area contributed by atoms with E-state index in [0.717, 1.165) is 0 Å². The van der Waals surface area contributed by atoms with E-state index in [1.807, 2.05) is 0 Å². The van der Waals surface area contributed by atoms with E-state index in [-0.39, 0.29) is 45.3 Å². The van der Waals surface area contributed by atoms with E-state index in [0.29, 0.717) is 24.0 Å². The van der Waals surface area contributed by atoms with Crippen LogP contribution < -0.4 is 10.6 Å². The molecule has 1 aromatic rings. The SMILES string of the molecule is CC(C)(C)OC(=O)N[C@H]1CCC(O)CC/C=C\[C@@H]2C[C@@]2(C(=O)O)NC(=O)[C@@H]2C[C@@H](OC(=O)N3Cc4cccc(F)c4C3)CN2C1=O. The number of alkyl carbamates (subject to hydrolysis) is 1. The summed E-state index contributed by atoms with van der Waals surface area (Å²) in [6.45, 7) is 4.91. The maximum Gasteiger partial charge on any atom is 0.410 e. The molecular weight excluding hydrogens is 603 g/mol. The minimum absolute atomic E-state index is 0.000363. The number of carboxylic acids is 1. The summed E-state index contributed by atoms with van der Waals surface area (Å²) in [6.07, 6.45) is 1.10. The number of rotatable bonds is 3. The van der Waals surface area contributed by atoms with E-state index >= 15 is 0 Å². The number of allylic oxidation sites excluding steroid dienone is 1. The zero-order valence-corrected chi connectivity index (χ0v) is 26.2. The van der Waals surface area contributed by atoms with Gasteiger partial charge in [0, 0.05) is 24.4 Å². The van der Waals surface area contributed by atoms with Crippen LogP contribution in [-0.2, 0) is 36.9 Å². The molecule has 0 bridgehead atoms. The van der Waals surface area contributed by atoms with Crippen LogP contribution in [0.4, 0.5) is 14.0 Å². The second kappa shape index (κ2) is 12.9. The van der Waals surface area contributed by atoms with Gasteiger partial charge in [0.2, 0.25) is 11.8 Å². The quantitative estimate of drug-likeness (QED) is 0.361. The second-order valence-electron chi connectivity index (χ2n) is 13.5. The number of hydrogen-bond donors (Lipinski definition) is 4. The number of fused-ring (bicyclic) bond motifs is 3. The van der Waals surface area contributed by atoms with E-state index in [1.54, 1.807) is 45.1 Å². The lowest BCUT2D eigenvalue weighted by Gasteiger charge is -2.30. The standard InChI is InChI=1S/C32H41FN4O9/c1-31(2,3)46-29(43)34-24-12-11-20(38)9-5-4-8-19-14-32(19,28(41)42)35-26(39)25-13-21(16-37(25)27(24)40)45-30(44)36-15-18-7-6-10-23(33)22(18)17-36/h4,6-8,10,19-21,24-25,38H,5,9,11-17H2,1-3H3,(H,34,43)(H,35,39)(H,41,42)/b8-4-/t19-,20?,21-,24+,25+,32-/m1/s1. The number of carbonyl (C=O) groups is 5. The average Bonchev–Trinajstić information content (AvgIpc) is 3.27. The molecule has 3 heterocycles. The molecular formula is C32H41FN4O9. The van der Waals surface area contributed by atoms with E-state index in [2.05, 4.69) is 10.6 Å². The van der Waals surface area contributed by atoms with Gasteiger partial charge in [-0.05, 0) is 64.5 Å². The Labute approximate surface area is 266 Å². The largest absolute Gasteiger partial charge is 0.479 e. The van der Waals surface area contributed by atoms with Crippen LogP contribution in [0.3, 0.4) is 0 Å². The van der Waals surface area contributed by atoms with Gasteiger partial charge in [0.15, 0.2) is 0 Å². The van der Waals surface area contributed by atoms with E-state index < -0.39 is 77.1 Å². The number of aliphatic hydroxyl groups is 1. The predicted octanol–water partition coefficient (Wildman–Crippen LogP) is 2.59. The monoisotopic (exact) mass is 644 g/mol. The molecule has 4 N–H and O–H groups in total. The summed E-state index contributed by atoms with van der Waals surface area (Å²) >= 11 is 0. The van der Waals surface area contributed by atoms with Crippen LogP contribution in [0.25, 0.3) is 0 Å². The van der Waals surface area contributed by atoms with Crippen molar-refractivity contribution in [3.63, 3.8) is 0 Å². The summed E-state index contributed by atoms with van der Waals surface area (Å²) in [5, 5.41) is 25.9. The Kier molecular flexibility index (Phi) is 9.30. The fourth-order valence-electron chi connectivity index (χ4n) is 6.33. The highest BCUT2D eigenvalue weighted by Gasteiger charge is 2.61. The molecule has 1 saturated heterocycles. The number of hydrogen-bond acceptors (Lipinski definition) is 8. The number of amides is 4. The molecule has 14 heteroatoms. The molecule has 1 aliphatic carbocycles. The van der Waals surface area contributed by atoms with Crippen molar-refractivity contribution < 1.29 is 48.0 Å². The maximum atomic E-state index is 14.3. The van der Waals surface area contributed by atoms with Crippen molar-refractivity contribution in [3.8, 4) is 0 Å². The smallest absolute Gasteiger partial charge is 0.410 e. The Bertz CT molecular complexity index is 1430. The van der Waals surface area contributed by atoms with Gasteiger partial charge < -0.3 is 35.2 Å². The molecule has 46 heavy (non-hydrogen) atoms. The highest BCUT2D eigenvalue weighted by atomic mass is 19.1. The first-order valence-corrected chi connectivity index (χ1v) is 15.6. The molecule has 6 atom stereocenters. The number of aliphatic carboxylic acids is 1. The molecule has 250 valence electrons. The molecule has 3 aliphatic heterocycles. The molecule has 2 fully saturated rings. The number of nitrogens with one attached hydrogen (secondary N) is 2. The van der Waals surface area contributed by atoms with Crippen molar-refractivity contribution in [2.45, 2.75) is 108 Å². The minimum Gasteiger partial charge on any atom is -0.479 e. The lowest BCUT2D eigenvalue weighted by Crippen LogP contribution is -2.56. The molecule has 0 radical (unpaired) electrons. The van der Waals surface area contributed by atoms with Crippen LogP contribution in [0.5, 0.6) is 0 Å². The molecule has 0 spiro atoms. The fourth-order valence-corrected chi connectivity index (χ4v) is 6.33. The highest BCUT2D eigenvalue weighted by molar-refractivity contribution is 5.96. The van der Waals surface area contributed by atoms with Gasteiger partial charge in [-0.25, -0.2) is 18.8 Å². The summed E-state index contributed by atoms with van der Waals surface area (Å²) in [5.74, 6) is -3.53. The van der Waals surface area contributed by atoms with E-state index in [1.165, 1.54) is 15.9 Å². The van der Waals surface area contributed by atoms with Gasteiger partial charge in [-0.15, -0.1) is 0 Å². The van der Waals surface area contributed by atoms with Crippen molar-refractivity contribution in [2.75, 3.05) is 6.54 Å². The zero-order chi connectivity index (χ0) is 33.4. The number of aliphatic hydroxyl groups excluding tert-OH is 1. The van der Waals surface area contributed by atoms with Crippen molar-refractivity contribution in [1.29, 1.82) is 0 Å². The molecule has 1 saturated carbocycles. The van der Waals surface area contributed by atoms with Crippen LogP contribution in [-0.4, -0.2) is 92.0 Å². The number of benzene rings is 1. The second-order valence-corrected chi connectivity index (χ2v) is 13.5. The molecule has 1 aromatic carbocycles. The predicted molar refractivity (Wildman–Crippen MR) is 159 cm³/mol. The van der Waals surface area contributed by atoms with Crippen molar-refractivity contribution in [1.82, 2.24) is 20.4 Å². The summed E-state index contributed by atoms with van der Waals surface area (Å²) in [7, 11) is 0. The molecule has 0 aromatic heterocycles. The number of nitrogens with zero attached hydrogens (tertiary/aromatic N) is 2. The third-order valence-corrected chi connectivity index (χ3v) is 8.86. The van der Waals surface area contributed by atoms with Gasteiger partial charge in [-0.2, -0.15) is 0 Å². The van der Waals surface area contributed by atoms with E-state index in [9.17, 15) is 38.6 Å². The van der Waals surface area contributed by atoms with Gasteiger partial charge >= 0.3 is 18.2 Å². The Morgan fingerprint density at radius 2 is 1.89 bits per heavy atom. The Balaban J connectivity index is 1.39. The first-order valence-electron chi connectivity index (χ1n) is 15.6. The van der Waals surface area contributed by atoms with Crippen molar-refractivity contribution in [3.05, 3.63) is 47.3 Å². The third kappa shape index (κ3) is 7.27. The molecule has 5 rings (SSSR count). The first-order chi connectivity index (χ1) is 21.7. The summed E-state index contributed by atoms with van der Waals surface area (Å²) in [6, 6.07) is 2.16. The molecule has 4 amide bonds. The third-order valence-electron chi connectivity index (χ3n) is 8.86. The van der Waals surface area contributed by atoms with Gasteiger partial charge in [-0.3, -0.25) is 14.5 Å².